The van der Waals surface area contributed by atoms with Crippen LogP contribution in [0.15, 0.2) is 47.6 Å². The van der Waals surface area contributed by atoms with Gasteiger partial charge in [0.2, 0.25) is 0 Å². The predicted molar refractivity (Wildman–Crippen MR) is 74.8 cm³/mol. The minimum absolute atomic E-state index is 0.0305. The summed E-state index contributed by atoms with van der Waals surface area (Å²) >= 11 is 1.70. The van der Waals surface area contributed by atoms with Gasteiger partial charge in [-0.3, -0.25) is 9.48 Å². The van der Waals surface area contributed by atoms with E-state index in [4.69, 9.17) is 0 Å². The lowest BCUT2D eigenvalue weighted by molar-refractivity contribution is 0.104. The topological polar surface area (TPSA) is 34.9 Å². The first-order chi connectivity index (χ1) is 8.69. The molecule has 0 atom stereocenters. The average Bonchev–Trinajstić information content (AvgIpc) is 2.83. The van der Waals surface area contributed by atoms with Crippen LogP contribution in [0.4, 0.5) is 0 Å². The van der Waals surface area contributed by atoms with E-state index in [1.807, 2.05) is 36.6 Å². The maximum Gasteiger partial charge on any atom is 0.189 e. The monoisotopic (exact) mass is 258 g/mol. The van der Waals surface area contributed by atoms with Crippen LogP contribution in [0.2, 0.25) is 0 Å². The van der Waals surface area contributed by atoms with Gasteiger partial charge in [-0.05, 0) is 30.0 Å². The number of hydrogen-bond acceptors (Lipinski definition) is 3. The third kappa shape index (κ3) is 3.11. The largest absolute Gasteiger partial charge is 0.289 e. The number of hydrogen-bond donors (Lipinski definition) is 0. The summed E-state index contributed by atoms with van der Waals surface area (Å²) in [7, 11) is 1.79. The molecule has 0 aliphatic rings. The van der Waals surface area contributed by atoms with Gasteiger partial charge in [0.05, 0.1) is 11.8 Å². The zero-order valence-corrected chi connectivity index (χ0v) is 11.1. The van der Waals surface area contributed by atoms with Crippen LogP contribution in [0.3, 0.4) is 0 Å². The highest BCUT2D eigenvalue weighted by atomic mass is 32.2. The molecule has 0 aliphatic carbocycles. The second-order valence-corrected chi connectivity index (χ2v) is 4.75. The molecule has 0 spiro atoms. The van der Waals surface area contributed by atoms with Gasteiger partial charge in [0.1, 0.15) is 0 Å². The molecular formula is C14H14N2OS. The number of carbonyl (C=O) groups excluding carboxylic acids is 1. The number of ketones is 1. The van der Waals surface area contributed by atoms with Gasteiger partial charge < -0.3 is 0 Å². The summed E-state index contributed by atoms with van der Waals surface area (Å²) in [6, 6.07) is 8.08. The Bertz CT molecular complexity index is 570. The van der Waals surface area contributed by atoms with Gasteiger partial charge in [-0.25, -0.2) is 0 Å². The van der Waals surface area contributed by atoms with Gasteiger partial charge in [-0.2, -0.15) is 5.10 Å². The molecule has 3 nitrogen and oxygen atoms in total. The Morgan fingerprint density at radius 2 is 2.06 bits per heavy atom. The lowest BCUT2D eigenvalue weighted by Crippen LogP contribution is -1.91. The van der Waals surface area contributed by atoms with E-state index < -0.39 is 0 Å². The fourth-order valence-electron chi connectivity index (χ4n) is 1.53. The maximum atomic E-state index is 11.8. The zero-order valence-electron chi connectivity index (χ0n) is 10.3. The Hall–Kier alpha value is -1.81. The molecule has 0 bridgehead atoms. The van der Waals surface area contributed by atoms with Crippen molar-refractivity contribution in [1.82, 2.24) is 9.78 Å². The summed E-state index contributed by atoms with van der Waals surface area (Å²) in [6.45, 7) is 0. The van der Waals surface area contributed by atoms with Crippen molar-refractivity contribution in [2.24, 2.45) is 7.05 Å². The number of carbonyl (C=O) groups is 1. The first kappa shape index (κ1) is 12.6. The molecule has 0 amide bonds. The Kier molecular flexibility index (Phi) is 3.99. The van der Waals surface area contributed by atoms with Gasteiger partial charge in [0.15, 0.2) is 5.78 Å². The van der Waals surface area contributed by atoms with Crippen molar-refractivity contribution in [3.63, 3.8) is 0 Å². The molecule has 0 N–H and O–H groups in total. The van der Waals surface area contributed by atoms with E-state index in [1.54, 1.807) is 42.0 Å². The molecule has 18 heavy (non-hydrogen) atoms. The second kappa shape index (κ2) is 5.69. The summed E-state index contributed by atoms with van der Waals surface area (Å²) in [5.74, 6) is -0.0305. The molecule has 1 aromatic heterocycles. The highest BCUT2D eigenvalue weighted by molar-refractivity contribution is 7.98. The van der Waals surface area contributed by atoms with E-state index in [-0.39, 0.29) is 5.78 Å². The van der Waals surface area contributed by atoms with E-state index >= 15 is 0 Å². The molecule has 92 valence electrons. The van der Waals surface area contributed by atoms with Gasteiger partial charge in [0, 0.05) is 18.1 Å². The maximum absolute atomic E-state index is 11.8. The highest BCUT2D eigenvalue weighted by Gasteiger charge is 2.03. The molecule has 0 saturated carbocycles. The number of nitrogens with zero attached hydrogens (tertiary/aromatic N) is 2. The predicted octanol–water partition coefficient (Wildman–Crippen LogP) is 3.04. The Morgan fingerprint density at radius 1 is 1.33 bits per heavy atom. The number of aryl methyl sites for hydroxylation is 1. The summed E-state index contributed by atoms with van der Waals surface area (Å²) in [5.41, 5.74) is 1.62. The minimum atomic E-state index is -0.0305. The van der Waals surface area contributed by atoms with Crippen molar-refractivity contribution in [1.29, 1.82) is 0 Å². The van der Waals surface area contributed by atoms with Crippen molar-refractivity contribution in [3.05, 3.63) is 53.9 Å². The molecule has 2 aromatic rings. The first-order valence-corrected chi connectivity index (χ1v) is 6.76. The van der Waals surface area contributed by atoms with Gasteiger partial charge in [0.25, 0.3) is 0 Å². The van der Waals surface area contributed by atoms with Crippen LogP contribution >= 0.6 is 11.8 Å². The van der Waals surface area contributed by atoms with Crippen LogP contribution in [0.5, 0.6) is 0 Å². The van der Waals surface area contributed by atoms with Crippen LogP contribution in [0, 0.1) is 0 Å². The second-order valence-electron chi connectivity index (χ2n) is 3.87. The van der Waals surface area contributed by atoms with Gasteiger partial charge in [-0.1, -0.05) is 18.2 Å². The fraction of sp³-hybridized carbons (Fsp3) is 0.143. The molecule has 1 heterocycles. The van der Waals surface area contributed by atoms with Crippen LogP contribution < -0.4 is 0 Å². The lowest BCUT2D eigenvalue weighted by atomic mass is 10.1. The van der Waals surface area contributed by atoms with Crippen molar-refractivity contribution >= 4 is 23.6 Å². The van der Waals surface area contributed by atoms with E-state index in [1.165, 1.54) is 4.90 Å². The van der Waals surface area contributed by atoms with Crippen molar-refractivity contribution in [3.8, 4) is 0 Å². The Balaban J connectivity index is 2.08. The normalized spacial score (nSPS) is 11.0. The summed E-state index contributed by atoms with van der Waals surface area (Å²) in [4.78, 5) is 13.0. The number of benzene rings is 1. The van der Waals surface area contributed by atoms with Crippen LogP contribution in [0.1, 0.15) is 15.9 Å². The lowest BCUT2D eigenvalue weighted by Gasteiger charge is -1.96. The standard InChI is InChI=1S/C14H14N2OS/c1-16-10-12(9-15-16)14(17)8-5-11-3-6-13(18-2)7-4-11/h3-10H,1-2H3/b8-5-. The highest BCUT2D eigenvalue weighted by Crippen LogP contribution is 2.15. The van der Waals surface area contributed by atoms with Crippen LogP contribution in [-0.2, 0) is 7.05 Å². The van der Waals surface area contributed by atoms with E-state index in [9.17, 15) is 4.79 Å². The molecule has 0 aliphatic heterocycles. The molecule has 0 fully saturated rings. The fourth-order valence-corrected chi connectivity index (χ4v) is 1.94. The Morgan fingerprint density at radius 3 is 2.61 bits per heavy atom. The molecule has 0 unspecified atom stereocenters. The zero-order chi connectivity index (χ0) is 13.0. The number of thioether (sulfide) groups is 1. The number of aromatic nitrogens is 2. The third-order valence-corrected chi connectivity index (χ3v) is 3.28. The molecule has 0 radical (unpaired) electrons. The molecular weight excluding hydrogens is 244 g/mol. The average molecular weight is 258 g/mol. The van der Waals surface area contributed by atoms with Crippen LogP contribution in [-0.4, -0.2) is 21.8 Å². The quantitative estimate of drug-likeness (QED) is 0.480. The van der Waals surface area contributed by atoms with Gasteiger partial charge >= 0.3 is 0 Å². The van der Waals surface area contributed by atoms with Crippen molar-refractivity contribution in [2.45, 2.75) is 4.90 Å². The van der Waals surface area contributed by atoms with E-state index in [2.05, 4.69) is 5.10 Å². The molecule has 4 heteroatoms. The summed E-state index contributed by atoms with van der Waals surface area (Å²) in [6.07, 6.45) is 8.72. The van der Waals surface area contributed by atoms with Crippen molar-refractivity contribution in [2.75, 3.05) is 6.26 Å². The molecule has 0 saturated heterocycles. The first-order valence-electron chi connectivity index (χ1n) is 5.54. The molecule has 2 rings (SSSR count). The summed E-state index contributed by atoms with van der Waals surface area (Å²) in [5, 5.41) is 3.97. The Labute approximate surface area is 111 Å². The molecule has 1 aromatic carbocycles. The summed E-state index contributed by atoms with van der Waals surface area (Å²) < 4.78 is 1.62. The SMILES string of the molecule is CSc1ccc(/C=C\C(=O)c2cnn(C)c2)cc1. The van der Waals surface area contributed by atoms with Crippen LogP contribution in [0.25, 0.3) is 6.08 Å². The number of rotatable bonds is 4. The number of allylic oxidation sites excluding steroid dienone is 1. The van der Waals surface area contributed by atoms with Gasteiger partial charge in [-0.15, -0.1) is 11.8 Å². The van der Waals surface area contributed by atoms with E-state index in [0.29, 0.717) is 5.56 Å². The minimum Gasteiger partial charge on any atom is -0.289 e. The van der Waals surface area contributed by atoms with Crippen molar-refractivity contribution < 1.29 is 4.79 Å². The third-order valence-electron chi connectivity index (χ3n) is 2.53. The smallest absolute Gasteiger partial charge is 0.189 e. The van der Waals surface area contributed by atoms with E-state index in [0.717, 1.165) is 5.56 Å².